The van der Waals surface area contributed by atoms with Gasteiger partial charge in [0.1, 0.15) is 6.61 Å². The Bertz CT molecular complexity index is 687. The summed E-state index contributed by atoms with van der Waals surface area (Å²) < 4.78 is 0. The molecule has 0 unspecified atom stereocenters. The number of pyridine rings is 2. The average Bonchev–Trinajstić information content (AvgIpc) is 2.48. The number of aliphatic hydroxyl groups excluding tert-OH is 1. The predicted molar refractivity (Wildman–Crippen MR) is 75.1 cm³/mol. The van der Waals surface area contributed by atoms with Crippen molar-refractivity contribution in [3.63, 3.8) is 0 Å². The number of aromatic nitrogens is 2. The van der Waals surface area contributed by atoms with E-state index in [1.807, 2.05) is 13.0 Å². The molecule has 2 heterocycles. The minimum atomic E-state index is -0.277. The van der Waals surface area contributed by atoms with Crippen LogP contribution in [0.5, 0.6) is 0 Å². The third kappa shape index (κ3) is 3.40. The van der Waals surface area contributed by atoms with E-state index in [-0.39, 0.29) is 12.5 Å². The maximum absolute atomic E-state index is 12.1. The predicted octanol–water partition coefficient (Wildman–Crippen LogP) is 1.38. The van der Waals surface area contributed by atoms with Crippen LogP contribution in [0.3, 0.4) is 0 Å². The lowest BCUT2D eigenvalue weighted by molar-refractivity contribution is 0.102. The minimum absolute atomic E-state index is 0.231. The summed E-state index contributed by atoms with van der Waals surface area (Å²) >= 11 is 0. The molecule has 1 amide bonds. The maximum atomic E-state index is 12.1. The van der Waals surface area contributed by atoms with Crippen LogP contribution in [0.2, 0.25) is 0 Å². The van der Waals surface area contributed by atoms with Crippen molar-refractivity contribution in [3.05, 3.63) is 53.6 Å². The molecule has 0 aliphatic heterocycles. The summed E-state index contributed by atoms with van der Waals surface area (Å²) in [5.74, 6) is 4.95. The van der Waals surface area contributed by atoms with Crippen molar-refractivity contribution in [1.82, 2.24) is 9.97 Å². The van der Waals surface area contributed by atoms with Gasteiger partial charge in [-0.3, -0.25) is 14.8 Å². The van der Waals surface area contributed by atoms with Gasteiger partial charge >= 0.3 is 0 Å². The number of carbonyl (C=O) groups is 1. The molecule has 0 aromatic carbocycles. The van der Waals surface area contributed by atoms with Gasteiger partial charge in [0.15, 0.2) is 0 Å². The van der Waals surface area contributed by atoms with Crippen LogP contribution in [-0.4, -0.2) is 27.6 Å². The van der Waals surface area contributed by atoms with E-state index in [1.54, 1.807) is 18.5 Å². The average molecular weight is 267 g/mol. The minimum Gasteiger partial charge on any atom is -0.384 e. The molecule has 0 saturated carbocycles. The van der Waals surface area contributed by atoms with Gasteiger partial charge in [-0.2, -0.15) is 0 Å². The molecule has 0 radical (unpaired) electrons. The quantitative estimate of drug-likeness (QED) is 0.806. The first-order valence-electron chi connectivity index (χ1n) is 5.97. The molecule has 0 saturated heterocycles. The van der Waals surface area contributed by atoms with Gasteiger partial charge in [-0.15, -0.1) is 0 Å². The highest BCUT2D eigenvalue weighted by atomic mass is 16.2. The summed E-state index contributed by atoms with van der Waals surface area (Å²) in [5.41, 5.74) is 2.56. The highest BCUT2D eigenvalue weighted by Crippen LogP contribution is 2.13. The van der Waals surface area contributed by atoms with E-state index in [0.717, 1.165) is 5.56 Å². The van der Waals surface area contributed by atoms with E-state index < -0.39 is 0 Å². The Morgan fingerprint density at radius 3 is 2.95 bits per heavy atom. The topological polar surface area (TPSA) is 75.1 Å². The van der Waals surface area contributed by atoms with Crippen LogP contribution in [0.4, 0.5) is 5.69 Å². The third-order valence-corrected chi connectivity index (χ3v) is 2.60. The lowest BCUT2D eigenvalue weighted by atomic mass is 10.2. The monoisotopic (exact) mass is 267 g/mol. The summed E-state index contributed by atoms with van der Waals surface area (Å²) in [4.78, 5) is 20.0. The van der Waals surface area contributed by atoms with Gasteiger partial charge < -0.3 is 10.4 Å². The van der Waals surface area contributed by atoms with Crippen LogP contribution in [-0.2, 0) is 0 Å². The van der Waals surface area contributed by atoms with Gasteiger partial charge in [0.2, 0.25) is 0 Å². The second kappa shape index (κ2) is 6.45. The fourth-order valence-corrected chi connectivity index (χ4v) is 1.56. The lowest BCUT2D eigenvalue weighted by Gasteiger charge is -2.07. The number of rotatable bonds is 2. The zero-order chi connectivity index (χ0) is 14.4. The van der Waals surface area contributed by atoms with Crippen LogP contribution < -0.4 is 5.32 Å². The van der Waals surface area contributed by atoms with Crippen molar-refractivity contribution >= 4 is 11.6 Å². The Morgan fingerprint density at radius 2 is 2.20 bits per heavy atom. The number of hydrogen-bond donors (Lipinski definition) is 2. The molecule has 0 atom stereocenters. The zero-order valence-corrected chi connectivity index (χ0v) is 10.9. The van der Waals surface area contributed by atoms with Crippen molar-refractivity contribution in [2.24, 2.45) is 0 Å². The molecule has 0 fully saturated rings. The van der Waals surface area contributed by atoms with E-state index in [1.165, 1.54) is 12.4 Å². The third-order valence-electron chi connectivity index (χ3n) is 2.60. The van der Waals surface area contributed by atoms with E-state index in [9.17, 15) is 4.79 Å². The molecule has 20 heavy (non-hydrogen) atoms. The summed E-state index contributed by atoms with van der Waals surface area (Å²) in [6, 6.07) is 3.44. The number of hydrogen-bond acceptors (Lipinski definition) is 4. The van der Waals surface area contributed by atoms with Crippen LogP contribution in [0, 0.1) is 18.8 Å². The number of aliphatic hydroxyl groups is 1. The molecule has 2 aromatic rings. The SMILES string of the molecule is Cc1ccncc1NC(=O)c1cncc(C#CCO)c1. The fourth-order valence-electron chi connectivity index (χ4n) is 1.56. The molecule has 2 aromatic heterocycles. The highest BCUT2D eigenvalue weighted by molar-refractivity contribution is 6.04. The first kappa shape index (κ1) is 13.7. The van der Waals surface area contributed by atoms with Crippen LogP contribution in [0.25, 0.3) is 0 Å². The van der Waals surface area contributed by atoms with Crippen LogP contribution >= 0.6 is 0 Å². The molecule has 100 valence electrons. The largest absolute Gasteiger partial charge is 0.384 e. The van der Waals surface area contributed by atoms with Gasteiger partial charge in [0.05, 0.1) is 17.4 Å². The number of nitrogens with zero attached hydrogens (tertiary/aromatic N) is 2. The zero-order valence-electron chi connectivity index (χ0n) is 10.9. The molecule has 0 aliphatic carbocycles. The maximum Gasteiger partial charge on any atom is 0.257 e. The molecular formula is C15H13N3O2. The summed E-state index contributed by atoms with van der Waals surface area (Å²) in [7, 11) is 0. The number of anilines is 1. The van der Waals surface area contributed by atoms with Crippen molar-refractivity contribution in [1.29, 1.82) is 0 Å². The Labute approximate surface area is 116 Å². The van der Waals surface area contributed by atoms with Crippen LogP contribution in [0.15, 0.2) is 36.9 Å². The van der Waals surface area contributed by atoms with Crippen molar-refractivity contribution in [2.75, 3.05) is 11.9 Å². The second-order valence-electron chi connectivity index (χ2n) is 4.07. The Morgan fingerprint density at radius 1 is 1.35 bits per heavy atom. The van der Waals surface area contributed by atoms with Crippen molar-refractivity contribution in [2.45, 2.75) is 6.92 Å². The van der Waals surface area contributed by atoms with Crippen molar-refractivity contribution in [3.8, 4) is 11.8 Å². The summed E-state index contributed by atoms with van der Waals surface area (Å²) in [5, 5.41) is 11.4. The van der Waals surface area contributed by atoms with E-state index in [2.05, 4.69) is 27.1 Å². The molecule has 0 bridgehead atoms. The molecule has 0 spiro atoms. The smallest absolute Gasteiger partial charge is 0.257 e. The Hall–Kier alpha value is -2.71. The molecule has 0 aliphatic rings. The lowest BCUT2D eigenvalue weighted by Crippen LogP contribution is -2.13. The van der Waals surface area contributed by atoms with Gasteiger partial charge in [-0.05, 0) is 24.6 Å². The van der Waals surface area contributed by atoms with Gasteiger partial charge in [0, 0.05) is 24.2 Å². The molecule has 5 nitrogen and oxygen atoms in total. The van der Waals surface area contributed by atoms with Gasteiger partial charge in [-0.1, -0.05) is 11.8 Å². The second-order valence-corrected chi connectivity index (χ2v) is 4.07. The van der Waals surface area contributed by atoms with Crippen LogP contribution in [0.1, 0.15) is 21.5 Å². The van der Waals surface area contributed by atoms with Gasteiger partial charge in [0.25, 0.3) is 5.91 Å². The first-order valence-corrected chi connectivity index (χ1v) is 5.97. The first-order chi connectivity index (χ1) is 9.70. The van der Waals surface area contributed by atoms with Gasteiger partial charge in [-0.25, -0.2) is 0 Å². The molecule has 2 rings (SSSR count). The summed E-state index contributed by atoms with van der Waals surface area (Å²) in [6.07, 6.45) is 6.26. The number of carbonyl (C=O) groups excluding carboxylic acids is 1. The summed E-state index contributed by atoms with van der Waals surface area (Å²) in [6.45, 7) is 1.66. The standard InChI is InChI=1S/C15H13N3O2/c1-11-4-5-16-10-14(11)18-15(20)13-7-12(3-2-6-19)8-17-9-13/h4-5,7-10,19H,6H2,1H3,(H,18,20). The van der Waals surface area contributed by atoms with E-state index >= 15 is 0 Å². The molecule has 2 N–H and O–H groups in total. The normalized spacial score (nSPS) is 9.50. The van der Waals surface area contributed by atoms with Crippen molar-refractivity contribution < 1.29 is 9.90 Å². The Kier molecular flexibility index (Phi) is 4.43. The van der Waals surface area contributed by atoms with E-state index in [4.69, 9.17) is 5.11 Å². The number of amides is 1. The Balaban J connectivity index is 2.19. The molecule has 5 heteroatoms. The molecular weight excluding hydrogens is 254 g/mol. The fraction of sp³-hybridized carbons (Fsp3) is 0.133. The number of aryl methyl sites for hydroxylation is 1. The van der Waals surface area contributed by atoms with E-state index in [0.29, 0.717) is 16.8 Å². The highest BCUT2D eigenvalue weighted by Gasteiger charge is 2.08. The number of nitrogens with one attached hydrogen (secondary N) is 1.